The van der Waals surface area contributed by atoms with Crippen molar-refractivity contribution in [2.24, 2.45) is 0 Å². The van der Waals surface area contributed by atoms with Crippen molar-refractivity contribution >= 4 is 3.21 Å². The van der Waals surface area contributed by atoms with Crippen LogP contribution in [0.4, 0.5) is 0 Å². The molecule has 0 nitrogen and oxygen atoms in total. The third-order valence-corrected chi connectivity index (χ3v) is 9.70. The molecule has 4 aromatic rings. The molecule has 0 N–H and O–H groups in total. The Morgan fingerprint density at radius 2 is 1.27 bits per heavy atom. The summed E-state index contributed by atoms with van der Waals surface area (Å²) in [6, 6.07) is 28.4. The Bertz CT molecular complexity index is 1590. The van der Waals surface area contributed by atoms with Crippen LogP contribution in [0.5, 0.6) is 0 Å². The second-order valence-electron chi connectivity index (χ2n) is 14.3. The van der Waals surface area contributed by atoms with Crippen LogP contribution in [-0.2, 0) is 41.5 Å². The number of hydrogen-bond acceptors (Lipinski definition) is 0. The number of fused-ring (bicyclic) bond motifs is 3. The maximum atomic E-state index is 3.69. The zero-order valence-electron chi connectivity index (χ0n) is 28.5. The van der Waals surface area contributed by atoms with Crippen molar-refractivity contribution in [1.29, 1.82) is 0 Å². The molecule has 0 amide bonds. The van der Waals surface area contributed by atoms with E-state index in [1.54, 1.807) is 0 Å². The van der Waals surface area contributed by atoms with Crippen LogP contribution in [0.2, 0.25) is 0 Å². The van der Waals surface area contributed by atoms with Crippen LogP contribution in [0, 0.1) is 39.8 Å². The Morgan fingerprint density at radius 3 is 1.73 bits per heavy atom. The molecule has 0 radical (unpaired) electrons. The average molecular weight is 656 g/mol. The number of rotatable bonds is 2. The van der Waals surface area contributed by atoms with Gasteiger partial charge in [-0.1, -0.05) is 71.6 Å². The van der Waals surface area contributed by atoms with Gasteiger partial charge in [0.15, 0.2) is 0 Å². The van der Waals surface area contributed by atoms with Gasteiger partial charge in [-0.3, -0.25) is 6.08 Å². The molecule has 0 fully saturated rings. The van der Waals surface area contributed by atoms with Crippen LogP contribution in [-0.4, -0.2) is 3.21 Å². The first-order chi connectivity index (χ1) is 20.6. The summed E-state index contributed by atoms with van der Waals surface area (Å²) < 4.78 is 1.43. The van der Waals surface area contributed by atoms with Gasteiger partial charge < -0.3 is 0 Å². The molecule has 0 aromatic heterocycles. The summed E-state index contributed by atoms with van der Waals surface area (Å²) in [5.41, 5.74) is 17.0. The van der Waals surface area contributed by atoms with Gasteiger partial charge in [0.05, 0.1) is 0 Å². The van der Waals surface area contributed by atoms with Gasteiger partial charge in [-0.25, -0.2) is 12.2 Å². The van der Waals surface area contributed by atoms with Gasteiger partial charge in [-0.05, 0) is 35.4 Å². The number of hydrogen-bond donors (Lipinski definition) is 0. The Labute approximate surface area is 282 Å². The van der Waals surface area contributed by atoms with E-state index in [4.69, 9.17) is 0 Å². The van der Waals surface area contributed by atoms with Gasteiger partial charge in [0.25, 0.3) is 0 Å². The van der Waals surface area contributed by atoms with Crippen molar-refractivity contribution in [2.75, 3.05) is 0 Å². The van der Waals surface area contributed by atoms with Crippen LogP contribution < -0.4 is 0 Å². The Kier molecular flexibility index (Phi) is 10.8. The van der Waals surface area contributed by atoms with Gasteiger partial charge in [0.1, 0.15) is 0 Å². The van der Waals surface area contributed by atoms with Crippen LogP contribution in [0.15, 0.2) is 85.0 Å². The monoisotopic (exact) mass is 654 g/mol. The van der Waals surface area contributed by atoms with Gasteiger partial charge in [-0.2, -0.15) is 23.8 Å². The molecule has 0 aliphatic heterocycles. The molecule has 44 heavy (non-hydrogen) atoms. The van der Waals surface area contributed by atoms with Gasteiger partial charge in [0, 0.05) is 0 Å². The minimum absolute atomic E-state index is 0.163. The zero-order chi connectivity index (χ0) is 32.2. The quantitative estimate of drug-likeness (QED) is 0.166. The summed E-state index contributed by atoms with van der Waals surface area (Å²) in [5, 5.41) is 0. The van der Waals surface area contributed by atoms with Crippen LogP contribution in [0.1, 0.15) is 104 Å². The van der Waals surface area contributed by atoms with E-state index in [1.165, 1.54) is 94.2 Å². The molecule has 0 heterocycles. The molecule has 2 aliphatic rings. The molecule has 6 rings (SSSR count). The molecule has 0 bridgehead atoms. The summed E-state index contributed by atoms with van der Waals surface area (Å²) >= 11 is 1.47. The third-order valence-electron chi connectivity index (χ3n) is 8.28. The Morgan fingerprint density at radius 1 is 0.705 bits per heavy atom. The van der Waals surface area contributed by atoms with E-state index >= 15 is 0 Å². The standard InChI is InChI=1S/C23H29.C15H14.C5H5.Zr/c1-14-9-16-11-17-10-15(2)21(23(6,7)8)13-19(17)18(16)12-20(14)22(3,4)5;1-12-5-3-7-14(9-12)11-15-8-4-6-13(2)10-15;1-2-4-5-3-1;/h9,12-13H,11H2,1-8H3;3-10H,1-2H3;1-3H,4H2;/q-1;;-1;+2. The van der Waals surface area contributed by atoms with Crippen molar-refractivity contribution in [3.8, 4) is 11.1 Å². The van der Waals surface area contributed by atoms with E-state index in [-0.39, 0.29) is 10.8 Å². The second-order valence-corrected chi connectivity index (χ2v) is 15.5. The van der Waals surface area contributed by atoms with Crippen molar-refractivity contribution in [2.45, 2.75) is 92.9 Å². The summed E-state index contributed by atoms with van der Waals surface area (Å²) in [5.74, 6) is 0. The fourth-order valence-corrected chi connectivity index (χ4v) is 6.90. The van der Waals surface area contributed by atoms with E-state index in [0.29, 0.717) is 0 Å². The summed E-state index contributed by atoms with van der Waals surface area (Å²) in [6.07, 6.45) is 11.0. The Hall–Kier alpha value is -2.89. The smallest absolute Gasteiger partial charge is 0.109 e. The topological polar surface area (TPSA) is 0 Å². The summed E-state index contributed by atoms with van der Waals surface area (Å²) in [7, 11) is 0. The maximum Gasteiger partial charge on any atom is -0.109 e. The van der Waals surface area contributed by atoms with E-state index in [2.05, 4.69) is 154 Å². The average Bonchev–Trinajstić information content (AvgIpc) is 3.62. The van der Waals surface area contributed by atoms with E-state index in [0.717, 1.165) is 12.8 Å². The molecule has 0 saturated carbocycles. The maximum absolute atomic E-state index is 3.69. The minimum atomic E-state index is 0.163. The first-order valence-corrected chi connectivity index (χ1v) is 17.0. The van der Waals surface area contributed by atoms with E-state index in [1.807, 2.05) is 12.2 Å². The van der Waals surface area contributed by atoms with Gasteiger partial charge >= 0.3 is 112 Å². The largest absolute Gasteiger partial charge is 0.273 e. The van der Waals surface area contributed by atoms with Crippen molar-refractivity contribution in [1.82, 2.24) is 0 Å². The molecule has 0 spiro atoms. The van der Waals surface area contributed by atoms with Crippen molar-refractivity contribution in [3.63, 3.8) is 0 Å². The fraction of sp³-hybridized carbons (Fsp3) is 0.326. The second kappa shape index (κ2) is 14.0. The molecule has 4 aromatic carbocycles. The van der Waals surface area contributed by atoms with Gasteiger partial charge in [-0.15, -0.1) is 23.1 Å². The molecular weight excluding hydrogens is 608 g/mol. The number of allylic oxidation sites excluding steroid dienone is 4. The van der Waals surface area contributed by atoms with Crippen molar-refractivity contribution in [3.05, 3.63) is 153 Å². The minimum Gasteiger partial charge on any atom is -0.273 e. The molecule has 2 aliphatic carbocycles. The van der Waals surface area contributed by atoms with Gasteiger partial charge in [0.2, 0.25) is 0 Å². The zero-order valence-corrected chi connectivity index (χ0v) is 31.0. The molecule has 0 atom stereocenters. The SMILES string of the molecule is Cc1[c-]c2c(cc1C(C)(C)C)-c1cc(C(C)(C)C)c(C)cc1C2.Cc1cccc([C](=[Zr+2])c2cccc(C)c2)c1.[C-]1=CC=CC1. The number of benzene rings is 4. The van der Waals surface area contributed by atoms with E-state index in [9.17, 15) is 0 Å². The molecule has 1 heteroatoms. The molecule has 224 valence electrons. The molecule has 0 unspecified atom stereocenters. The summed E-state index contributed by atoms with van der Waals surface area (Å²) in [4.78, 5) is 0. The normalized spacial score (nSPS) is 13.0. The van der Waals surface area contributed by atoms with Crippen LogP contribution >= 0.6 is 0 Å². The number of aryl methyl sites for hydroxylation is 4. The Balaban J connectivity index is 0.000000181. The fourth-order valence-electron chi connectivity index (χ4n) is 6.13. The predicted octanol–water partition coefficient (Wildman–Crippen LogP) is 11.0. The predicted molar refractivity (Wildman–Crippen MR) is 188 cm³/mol. The van der Waals surface area contributed by atoms with E-state index < -0.39 is 0 Å². The van der Waals surface area contributed by atoms with Crippen LogP contribution in [0.25, 0.3) is 11.1 Å². The first-order valence-electron chi connectivity index (χ1n) is 15.8. The first kappa shape index (κ1) is 34.0. The summed E-state index contributed by atoms with van der Waals surface area (Å²) in [6.45, 7) is 22.5. The molecule has 0 saturated heterocycles. The van der Waals surface area contributed by atoms with Crippen LogP contribution in [0.3, 0.4) is 0 Å². The molecular formula is C43H48Zr. The third kappa shape index (κ3) is 8.43. The van der Waals surface area contributed by atoms with Crippen molar-refractivity contribution < 1.29 is 24.2 Å².